The molecule has 26 heavy (non-hydrogen) atoms. The second kappa shape index (κ2) is 9.13. The van der Waals surface area contributed by atoms with Crippen molar-refractivity contribution < 1.29 is 9.53 Å². The fraction of sp³-hybridized carbons (Fsp3) is 0.381. The van der Waals surface area contributed by atoms with Gasteiger partial charge in [0.1, 0.15) is 5.75 Å². The molecule has 0 atom stereocenters. The van der Waals surface area contributed by atoms with Crippen molar-refractivity contribution in [2.75, 3.05) is 37.0 Å². The van der Waals surface area contributed by atoms with Gasteiger partial charge in [-0.25, -0.2) is 0 Å². The normalized spacial score (nSPS) is 13.5. The van der Waals surface area contributed by atoms with E-state index in [1.807, 2.05) is 24.3 Å². The van der Waals surface area contributed by atoms with Crippen LogP contribution in [0.3, 0.4) is 0 Å². The van der Waals surface area contributed by atoms with Gasteiger partial charge in [0.25, 0.3) is 0 Å². The number of amides is 1. The molecule has 3 rings (SSSR count). The van der Waals surface area contributed by atoms with E-state index < -0.39 is 0 Å². The lowest BCUT2D eigenvalue weighted by Gasteiger charge is -2.18. The highest BCUT2D eigenvalue weighted by Gasteiger charge is 2.11. The molecule has 0 saturated carbocycles. The van der Waals surface area contributed by atoms with Crippen LogP contribution in [-0.4, -0.2) is 32.7 Å². The van der Waals surface area contributed by atoms with E-state index in [1.54, 1.807) is 7.11 Å². The zero-order valence-corrected chi connectivity index (χ0v) is 15.3. The molecule has 0 spiro atoms. The minimum Gasteiger partial charge on any atom is -0.496 e. The third kappa shape index (κ3) is 4.91. The van der Waals surface area contributed by atoms with Gasteiger partial charge in [-0.1, -0.05) is 18.2 Å². The summed E-state index contributed by atoms with van der Waals surface area (Å²) in [5.41, 5.74) is 3.31. The molecule has 2 aromatic carbocycles. The van der Waals surface area contributed by atoms with Gasteiger partial charge >= 0.3 is 0 Å². The summed E-state index contributed by atoms with van der Waals surface area (Å²) in [6, 6.07) is 16.2. The number of para-hydroxylation sites is 1. The number of hydrogen-bond acceptors (Lipinski definition) is 4. The second-order valence-corrected chi connectivity index (χ2v) is 6.51. The largest absolute Gasteiger partial charge is 0.496 e. The van der Waals surface area contributed by atoms with Gasteiger partial charge in [-0.15, -0.1) is 0 Å². The molecular formula is C21H27N3O2. The smallest absolute Gasteiger partial charge is 0.222 e. The lowest BCUT2D eigenvalue weighted by molar-refractivity contribution is -0.121. The fourth-order valence-corrected chi connectivity index (χ4v) is 3.22. The number of methoxy groups -OCH3 is 1. The first-order valence-electron chi connectivity index (χ1n) is 9.24. The van der Waals surface area contributed by atoms with E-state index in [4.69, 9.17) is 4.74 Å². The van der Waals surface area contributed by atoms with E-state index in [9.17, 15) is 4.79 Å². The fourth-order valence-electron chi connectivity index (χ4n) is 3.22. The minimum absolute atomic E-state index is 0.0251. The predicted octanol–water partition coefficient (Wildman–Crippen LogP) is 3.41. The Bertz CT molecular complexity index is 709. The number of benzene rings is 2. The molecule has 2 N–H and O–H groups in total. The lowest BCUT2D eigenvalue weighted by atomic mass is 10.2. The molecule has 1 aliphatic heterocycles. The topological polar surface area (TPSA) is 53.6 Å². The van der Waals surface area contributed by atoms with Gasteiger partial charge < -0.3 is 20.3 Å². The lowest BCUT2D eigenvalue weighted by Crippen LogP contribution is -2.25. The third-order valence-corrected chi connectivity index (χ3v) is 4.69. The Balaban J connectivity index is 1.39. The van der Waals surface area contributed by atoms with Gasteiger partial charge in [-0.2, -0.15) is 0 Å². The van der Waals surface area contributed by atoms with Gasteiger partial charge in [0.2, 0.25) is 5.91 Å². The second-order valence-electron chi connectivity index (χ2n) is 6.51. The number of nitrogens with zero attached hydrogens (tertiary/aromatic N) is 1. The quantitative estimate of drug-likeness (QED) is 0.764. The van der Waals surface area contributed by atoms with Crippen molar-refractivity contribution in [1.82, 2.24) is 5.32 Å². The Morgan fingerprint density at radius 1 is 1.08 bits per heavy atom. The first-order chi connectivity index (χ1) is 12.8. The van der Waals surface area contributed by atoms with E-state index in [0.29, 0.717) is 19.5 Å². The number of hydrogen-bond donors (Lipinski definition) is 2. The molecule has 0 unspecified atom stereocenters. The standard InChI is InChI=1S/C21H27N3O2/c1-26-20-7-3-2-6-17(20)16-23-21(25)12-13-22-18-8-10-19(11-9-18)24-14-4-5-15-24/h2-3,6-11,22H,4-5,12-16H2,1H3,(H,23,25). The number of rotatable bonds is 8. The van der Waals surface area contributed by atoms with Crippen LogP contribution in [0.25, 0.3) is 0 Å². The first kappa shape index (κ1) is 18.1. The SMILES string of the molecule is COc1ccccc1CNC(=O)CCNc1ccc(N2CCCC2)cc1. The Morgan fingerprint density at radius 3 is 2.54 bits per heavy atom. The molecule has 0 bridgehead atoms. The zero-order valence-electron chi connectivity index (χ0n) is 15.3. The maximum atomic E-state index is 12.0. The molecule has 0 aromatic heterocycles. The van der Waals surface area contributed by atoms with Gasteiger partial charge in [-0.05, 0) is 43.2 Å². The van der Waals surface area contributed by atoms with Gasteiger partial charge in [0.05, 0.1) is 7.11 Å². The molecule has 138 valence electrons. The van der Waals surface area contributed by atoms with Crippen LogP contribution < -0.4 is 20.3 Å². The molecule has 1 heterocycles. The van der Waals surface area contributed by atoms with Crippen LogP contribution in [0.15, 0.2) is 48.5 Å². The third-order valence-electron chi connectivity index (χ3n) is 4.69. The molecule has 1 fully saturated rings. The van der Waals surface area contributed by atoms with Crippen LogP contribution >= 0.6 is 0 Å². The number of carbonyl (C=O) groups is 1. The Hall–Kier alpha value is -2.69. The van der Waals surface area contributed by atoms with Crippen LogP contribution in [0.1, 0.15) is 24.8 Å². The molecule has 0 aliphatic carbocycles. The Kier molecular flexibility index (Phi) is 6.36. The van der Waals surface area contributed by atoms with Gasteiger partial charge in [-0.3, -0.25) is 4.79 Å². The summed E-state index contributed by atoms with van der Waals surface area (Å²) in [6.45, 7) is 3.40. The van der Waals surface area contributed by atoms with Gasteiger partial charge in [0.15, 0.2) is 0 Å². The van der Waals surface area contributed by atoms with Crippen molar-refractivity contribution in [3.05, 3.63) is 54.1 Å². The summed E-state index contributed by atoms with van der Waals surface area (Å²) < 4.78 is 5.30. The van der Waals surface area contributed by atoms with Crippen LogP contribution in [-0.2, 0) is 11.3 Å². The van der Waals surface area contributed by atoms with Crippen molar-refractivity contribution in [2.45, 2.75) is 25.8 Å². The van der Waals surface area contributed by atoms with E-state index in [0.717, 1.165) is 30.1 Å². The monoisotopic (exact) mass is 353 g/mol. The first-order valence-corrected chi connectivity index (χ1v) is 9.24. The summed E-state index contributed by atoms with van der Waals surface area (Å²) in [5, 5.41) is 6.25. The number of anilines is 2. The van der Waals surface area contributed by atoms with E-state index in [1.165, 1.54) is 18.5 Å². The van der Waals surface area contributed by atoms with Crippen molar-refractivity contribution in [1.29, 1.82) is 0 Å². The minimum atomic E-state index is 0.0251. The van der Waals surface area contributed by atoms with Gasteiger partial charge in [0, 0.05) is 49.5 Å². The van der Waals surface area contributed by atoms with Crippen LogP contribution in [0.4, 0.5) is 11.4 Å². The number of ether oxygens (including phenoxy) is 1. The van der Waals surface area contributed by atoms with Crippen LogP contribution in [0, 0.1) is 0 Å². The molecule has 1 saturated heterocycles. The molecule has 5 heteroatoms. The number of nitrogens with one attached hydrogen (secondary N) is 2. The summed E-state index contributed by atoms with van der Waals surface area (Å²) in [7, 11) is 1.64. The molecule has 1 aliphatic rings. The maximum Gasteiger partial charge on any atom is 0.222 e. The average molecular weight is 353 g/mol. The molecule has 1 amide bonds. The average Bonchev–Trinajstić information content (AvgIpc) is 3.22. The molecule has 2 aromatic rings. The molecule has 5 nitrogen and oxygen atoms in total. The summed E-state index contributed by atoms with van der Waals surface area (Å²) >= 11 is 0. The van der Waals surface area contributed by atoms with E-state index in [-0.39, 0.29) is 5.91 Å². The maximum absolute atomic E-state index is 12.0. The van der Waals surface area contributed by atoms with Crippen LogP contribution in [0.2, 0.25) is 0 Å². The van der Waals surface area contributed by atoms with Crippen molar-refractivity contribution in [3.8, 4) is 5.75 Å². The van der Waals surface area contributed by atoms with Crippen LogP contribution in [0.5, 0.6) is 5.75 Å². The highest BCUT2D eigenvalue weighted by atomic mass is 16.5. The molecular weight excluding hydrogens is 326 g/mol. The highest BCUT2D eigenvalue weighted by Crippen LogP contribution is 2.22. The van der Waals surface area contributed by atoms with Crippen molar-refractivity contribution >= 4 is 17.3 Å². The zero-order chi connectivity index (χ0) is 18.2. The van der Waals surface area contributed by atoms with E-state index in [2.05, 4.69) is 39.8 Å². The Labute approximate surface area is 155 Å². The van der Waals surface area contributed by atoms with E-state index >= 15 is 0 Å². The summed E-state index contributed by atoms with van der Waals surface area (Å²) in [4.78, 5) is 14.4. The highest BCUT2D eigenvalue weighted by molar-refractivity contribution is 5.76. The van der Waals surface area contributed by atoms with Crippen molar-refractivity contribution in [2.24, 2.45) is 0 Å². The van der Waals surface area contributed by atoms with Crippen molar-refractivity contribution in [3.63, 3.8) is 0 Å². The summed E-state index contributed by atoms with van der Waals surface area (Å²) in [5.74, 6) is 0.820. The molecule has 0 radical (unpaired) electrons. The Morgan fingerprint density at radius 2 is 1.81 bits per heavy atom. The number of carbonyl (C=O) groups excluding carboxylic acids is 1. The predicted molar refractivity (Wildman–Crippen MR) is 106 cm³/mol. The summed E-state index contributed by atoms with van der Waals surface area (Å²) in [6.07, 6.45) is 3.00.